The van der Waals surface area contributed by atoms with Crippen molar-refractivity contribution < 1.29 is 17.3 Å². The van der Waals surface area contributed by atoms with E-state index in [-0.39, 0.29) is 0 Å². The summed E-state index contributed by atoms with van der Waals surface area (Å²) < 4.78 is 39.0. The number of hydrogen-bond acceptors (Lipinski definition) is 0. The number of benzene rings is 1. The minimum Gasteiger partial charge on any atom is -0.418 e. The standard InChI is InChI=1S/C10H17P.C2H4.BF4/c1-11(2,3)9-10-7-5-4-6-8-10;1-2;2-1(3,4)5/h4-8,11H,9H2,1-3H3;1-2H2;/q;;-1. The fourth-order valence-electron chi connectivity index (χ4n) is 1.21. The van der Waals surface area contributed by atoms with Gasteiger partial charge in [0, 0.05) is 0 Å². The molecule has 0 N–H and O–H groups in total. The van der Waals surface area contributed by atoms with Crippen LogP contribution < -0.4 is 0 Å². The van der Waals surface area contributed by atoms with Gasteiger partial charge < -0.3 is 17.3 Å². The van der Waals surface area contributed by atoms with Crippen LogP contribution in [0.5, 0.6) is 0 Å². The number of halogens is 4. The van der Waals surface area contributed by atoms with E-state index in [1.165, 1.54) is 11.7 Å². The van der Waals surface area contributed by atoms with Crippen LogP contribution in [-0.2, 0) is 6.16 Å². The van der Waals surface area contributed by atoms with Crippen LogP contribution in [-0.4, -0.2) is 27.2 Å². The molecule has 0 atom stereocenters. The van der Waals surface area contributed by atoms with Gasteiger partial charge in [-0.15, -0.1) is 13.2 Å². The van der Waals surface area contributed by atoms with Gasteiger partial charge in [0.1, 0.15) is 0 Å². The largest absolute Gasteiger partial charge is 0.673 e. The Balaban J connectivity index is 0. The van der Waals surface area contributed by atoms with Crippen LogP contribution in [0.25, 0.3) is 0 Å². The summed E-state index contributed by atoms with van der Waals surface area (Å²) >= 11 is 0. The molecule has 0 nitrogen and oxygen atoms in total. The summed E-state index contributed by atoms with van der Waals surface area (Å²) in [7, 11) is -6.90. The van der Waals surface area contributed by atoms with E-state index in [0.29, 0.717) is 0 Å². The van der Waals surface area contributed by atoms with Gasteiger partial charge in [0.15, 0.2) is 0 Å². The van der Waals surface area contributed by atoms with Crippen molar-refractivity contribution in [2.75, 3.05) is 20.0 Å². The molecule has 6 heteroatoms. The second-order valence-corrected chi connectivity index (χ2v) is 10.2. The van der Waals surface area contributed by atoms with E-state index in [4.69, 9.17) is 0 Å². The molecule has 0 heterocycles. The Morgan fingerprint density at radius 1 is 0.944 bits per heavy atom. The molecule has 0 aromatic heterocycles. The molecule has 0 unspecified atom stereocenters. The van der Waals surface area contributed by atoms with Gasteiger partial charge in [-0.2, -0.15) is 0 Å². The molecule has 0 aliphatic carbocycles. The first-order valence-electron chi connectivity index (χ1n) is 5.49. The molecule has 18 heavy (non-hydrogen) atoms. The van der Waals surface area contributed by atoms with Crippen LogP contribution in [0.15, 0.2) is 43.5 Å². The third-order valence-corrected chi connectivity index (χ3v) is 3.05. The molecule has 0 saturated heterocycles. The molecule has 0 aliphatic heterocycles. The fraction of sp³-hybridized carbons (Fsp3) is 0.333. The SMILES string of the molecule is C=C.C[PH](C)(C)Cc1ccccc1.F[B-](F)(F)F. The Labute approximate surface area is 108 Å². The van der Waals surface area contributed by atoms with Crippen molar-refractivity contribution in [2.24, 2.45) is 0 Å². The molecule has 1 aromatic carbocycles. The molecular formula is C12H21BF4P-. The Morgan fingerprint density at radius 2 is 1.28 bits per heavy atom. The predicted octanol–water partition coefficient (Wildman–Crippen LogP) is 4.93. The smallest absolute Gasteiger partial charge is 0.418 e. The van der Waals surface area contributed by atoms with Gasteiger partial charge in [0.05, 0.1) is 0 Å². The van der Waals surface area contributed by atoms with E-state index < -0.39 is 14.5 Å². The van der Waals surface area contributed by atoms with Crippen molar-refractivity contribution in [2.45, 2.75) is 6.16 Å². The van der Waals surface area contributed by atoms with Crippen LogP contribution >= 0.6 is 7.26 Å². The van der Waals surface area contributed by atoms with Crippen molar-refractivity contribution in [1.29, 1.82) is 0 Å². The van der Waals surface area contributed by atoms with Gasteiger partial charge in [-0.05, 0) is 0 Å². The zero-order chi connectivity index (χ0) is 14.8. The average molecular weight is 283 g/mol. The van der Waals surface area contributed by atoms with Crippen molar-refractivity contribution >= 4 is 14.5 Å². The van der Waals surface area contributed by atoms with E-state index in [2.05, 4.69) is 63.5 Å². The maximum atomic E-state index is 9.75. The number of hydrogen-bond donors (Lipinski definition) is 0. The Hall–Kier alpha value is -0.825. The maximum absolute atomic E-state index is 9.75. The minimum absolute atomic E-state index is 0.898. The average Bonchev–Trinajstić information content (AvgIpc) is 2.17. The summed E-state index contributed by atoms with van der Waals surface area (Å²) in [5, 5.41) is 0. The first-order valence-corrected chi connectivity index (χ1v) is 9.20. The first kappa shape index (κ1) is 19.5. The van der Waals surface area contributed by atoms with Crippen LogP contribution in [0, 0.1) is 0 Å². The summed E-state index contributed by atoms with van der Waals surface area (Å²) in [5.41, 5.74) is 1.49. The van der Waals surface area contributed by atoms with Gasteiger partial charge in [-0.25, -0.2) is 0 Å². The molecule has 106 valence electrons. The Kier molecular flexibility index (Phi) is 9.92. The second-order valence-electron chi connectivity index (χ2n) is 4.72. The van der Waals surface area contributed by atoms with Gasteiger partial charge in [-0.3, -0.25) is 0 Å². The van der Waals surface area contributed by atoms with Crippen molar-refractivity contribution in [1.82, 2.24) is 0 Å². The third kappa shape index (κ3) is 20.6. The second kappa shape index (κ2) is 9.15. The zero-order valence-corrected chi connectivity index (χ0v) is 12.1. The quantitative estimate of drug-likeness (QED) is 0.312. The number of rotatable bonds is 2. The van der Waals surface area contributed by atoms with Crippen LogP contribution in [0.3, 0.4) is 0 Å². The van der Waals surface area contributed by atoms with E-state index in [0.717, 1.165) is 0 Å². The van der Waals surface area contributed by atoms with E-state index in [1.807, 2.05) is 0 Å². The molecule has 0 fully saturated rings. The van der Waals surface area contributed by atoms with E-state index in [1.54, 1.807) is 0 Å². The van der Waals surface area contributed by atoms with Gasteiger partial charge in [-0.1, -0.05) is 0 Å². The third-order valence-electron chi connectivity index (χ3n) is 1.58. The van der Waals surface area contributed by atoms with Gasteiger partial charge in [0.25, 0.3) is 0 Å². The molecule has 0 aliphatic rings. The summed E-state index contributed by atoms with van der Waals surface area (Å²) in [5.74, 6) is 0. The van der Waals surface area contributed by atoms with Crippen LogP contribution in [0.1, 0.15) is 5.56 Å². The van der Waals surface area contributed by atoms with Crippen LogP contribution in [0.2, 0.25) is 0 Å². The summed E-state index contributed by atoms with van der Waals surface area (Å²) in [6.07, 6.45) is 1.30. The van der Waals surface area contributed by atoms with Gasteiger partial charge >= 0.3 is 76.6 Å². The van der Waals surface area contributed by atoms with Crippen LogP contribution in [0.4, 0.5) is 17.3 Å². The molecule has 0 spiro atoms. The monoisotopic (exact) mass is 283 g/mol. The van der Waals surface area contributed by atoms with Crippen molar-refractivity contribution in [3.8, 4) is 0 Å². The molecule has 1 aromatic rings. The maximum Gasteiger partial charge on any atom is 0.673 e. The minimum atomic E-state index is -6.00. The Bertz CT molecular complexity index is 300. The Morgan fingerprint density at radius 3 is 1.56 bits per heavy atom. The molecule has 0 saturated carbocycles. The molecular weight excluding hydrogens is 262 g/mol. The molecule has 0 amide bonds. The summed E-state index contributed by atoms with van der Waals surface area (Å²) in [4.78, 5) is 0. The topological polar surface area (TPSA) is 0 Å². The summed E-state index contributed by atoms with van der Waals surface area (Å²) in [6.45, 7) is 13.2. The molecule has 0 bridgehead atoms. The van der Waals surface area contributed by atoms with Crippen molar-refractivity contribution in [3.63, 3.8) is 0 Å². The zero-order valence-electron chi connectivity index (χ0n) is 11.1. The normalized spacial score (nSPS) is 11.5. The predicted molar refractivity (Wildman–Crippen MR) is 77.7 cm³/mol. The van der Waals surface area contributed by atoms with E-state index in [9.17, 15) is 17.3 Å². The van der Waals surface area contributed by atoms with Gasteiger partial charge in [0.2, 0.25) is 0 Å². The van der Waals surface area contributed by atoms with Crippen molar-refractivity contribution in [3.05, 3.63) is 49.1 Å². The summed E-state index contributed by atoms with van der Waals surface area (Å²) in [6, 6.07) is 10.8. The molecule has 1 rings (SSSR count). The first-order chi connectivity index (χ1) is 8.08. The van der Waals surface area contributed by atoms with E-state index >= 15 is 0 Å². The molecule has 0 radical (unpaired) electrons. The fourth-order valence-corrected chi connectivity index (χ4v) is 2.67.